The molecule has 1 aliphatic rings. The van der Waals surface area contributed by atoms with E-state index in [2.05, 4.69) is 0 Å². The summed E-state index contributed by atoms with van der Waals surface area (Å²) in [6.07, 6.45) is 5.92. The quantitative estimate of drug-likeness (QED) is 0.208. The van der Waals surface area contributed by atoms with E-state index in [0.29, 0.717) is 17.9 Å². The van der Waals surface area contributed by atoms with E-state index in [1.807, 2.05) is 0 Å². The minimum Gasteiger partial charge on any atom is -0.467 e. The normalized spacial score (nSPS) is 15.0. The zero-order chi connectivity index (χ0) is 26.9. The highest BCUT2D eigenvalue weighted by Gasteiger charge is 2.26. The van der Waals surface area contributed by atoms with Gasteiger partial charge in [0.15, 0.2) is 0 Å². The van der Waals surface area contributed by atoms with E-state index in [4.69, 9.17) is 9.15 Å². The molecule has 10 heteroatoms. The van der Waals surface area contributed by atoms with Gasteiger partial charge in [0.05, 0.1) is 23.8 Å². The zero-order valence-electron chi connectivity index (χ0n) is 20.7. The van der Waals surface area contributed by atoms with Gasteiger partial charge in [-0.2, -0.15) is 0 Å². The minimum atomic E-state index is -0.492. The van der Waals surface area contributed by atoms with Crippen LogP contribution in [0.2, 0.25) is 0 Å². The lowest BCUT2D eigenvalue weighted by Gasteiger charge is -2.28. The van der Waals surface area contributed by atoms with Crippen LogP contribution in [0.4, 0.5) is 10.1 Å². The first-order valence-electron chi connectivity index (χ1n) is 12.2. The summed E-state index contributed by atoms with van der Waals surface area (Å²) in [5, 5.41) is 10.9. The fourth-order valence-corrected chi connectivity index (χ4v) is 4.14. The summed E-state index contributed by atoms with van der Waals surface area (Å²) in [6, 6.07) is 15.2. The molecule has 0 saturated carbocycles. The number of ether oxygens (including phenoxy) is 1. The van der Waals surface area contributed by atoms with Crippen molar-refractivity contribution < 1.29 is 28.1 Å². The summed E-state index contributed by atoms with van der Waals surface area (Å²) in [6.45, 7) is 1.06. The molecule has 1 atom stereocenters. The molecule has 1 fully saturated rings. The van der Waals surface area contributed by atoms with Crippen molar-refractivity contribution in [3.63, 3.8) is 0 Å². The first kappa shape index (κ1) is 26.7. The number of halogens is 1. The van der Waals surface area contributed by atoms with Crippen molar-refractivity contribution in [2.24, 2.45) is 0 Å². The van der Waals surface area contributed by atoms with Crippen LogP contribution < -0.4 is 0 Å². The SMILES string of the molecule is O=C(/C=C/c1ccc([N+](=O)[O-])cc1)N(CC(=O)N(Cc1ccc(F)cc1)Cc1ccco1)CC1CCCO1. The molecule has 9 nitrogen and oxygen atoms in total. The molecule has 0 radical (unpaired) electrons. The molecule has 1 aromatic heterocycles. The Morgan fingerprint density at radius 3 is 2.45 bits per heavy atom. The number of carbonyl (C=O) groups is 2. The van der Waals surface area contributed by atoms with Crippen molar-refractivity contribution in [3.8, 4) is 0 Å². The second kappa shape index (κ2) is 12.8. The maximum absolute atomic E-state index is 13.5. The van der Waals surface area contributed by atoms with Crippen molar-refractivity contribution >= 4 is 23.6 Å². The molecule has 2 amide bonds. The van der Waals surface area contributed by atoms with Gasteiger partial charge >= 0.3 is 0 Å². The highest BCUT2D eigenvalue weighted by Crippen LogP contribution is 2.17. The van der Waals surface area contributed by atoms with Crippen molar-refractivity contribution in [3.05, 3.63) is 106 Å². The van der Waals surface area contributed by atoms with Crippen LogP contribution in [-0.4, -0.2) is 52.3 Å². The summed E-state index contributed by atoms with van der Waals surface area (Å²) in [4.78, 5) is 40.1. The molecule has 0 N–H and O–H groups in total. The van der Waals surface area contributed by atoms with Crippen molar-refractivity contribution in [1.82, 2.24) is 9.80 Å². The number of carbonyl (C=O) groups excluding carboxylic acids is 2. The molecule has 4 rings (SSSR count). The third kappa shape index (κ3) is 7.59. The smallest absolute Gasteiger partial charge is 0.269 e. The number of nitro benzene ring substituents is 1. The summed E-state index contributed by atoms with van der Waals surface area (Å²) >= 11 is 0. The molecule has 3 aromatic rings. The number of rotatable bonds is 11. The van der Waals surface area contributed by atoms with Gasteiger partial charge in [-0.1, -0.05) is 12.1 Å². The molecule has 2 heterocycles. The molecule has 1 saturated heterocycles. The fourth-order valence-electron chi connectivity index (χ4n) is 4.14. The molecule has 2 aromatic carbocycles. The van der Waals surface area contributed by atoms with Gasteiger partial charge in [0.1, 0.15) is 18.1 Å². The van der Waals surface area contributed by atoms with Crippen LogP contribution in [0.15, 0.2) is 77.4 Å². The Morgan fingerprint density at radius 1 is 1.05 bits per heavy atom. The van der Waals surface area contributed by atoms with Gasteiger partial charge in [0, 0.05) is 37.9 Å². The number of hydrogen-bond acceptors (Lipinski definition) is 6. The average molecular weight is 522 g/mol. The predicted octanol–water partition coefficient (Wildman–Crippen LogP) is 4.58. The van der Waals surface area contributed by atoms with Crippen LogP contribution in [0.25, 0.3) is 6.08 Å². The third-order valence-electron chi connectivity index (χ3n) is 6.17. The Balaban J connectivity index is 1.50. The van der Waals surface area contributed by atoms with Gasteiger partial charge < -0.3 is 19.0 Å². The number of benzene rings is 2. The van der Waals surface area contributed by atoms with Gasteiger partial charge in [0.2, 0.25) is 11.8 Å². The van der Waals surface area contributed by atoms with E-state index in [-0.39, 0.29) is 55.6 Å². The Bertz CT molecular complexity index is 1250. The van der Waals surface area contributed by atoms with E-state index in [0.717, 1.165) is 18.4 Å². The lowest BCUT2D eigenvalue weighted by atomic mass is 10.1. The van der Waals surface area contributed by atoms with Gasteiger partial charge in [-0.05, 0) is 66.4 Å². The molecular formula is C28H28FN3O6. The number of amides is 2. The third-order valence-corrected chi connectivity index (χ3v) is 6.17. The van der Waals surface area contributed by atoms with Crippen LogP contribution in [-0.2, 0) is 27.4 Å². The Labute approximate surface area is 219 Å². The van der Waals surface area contributed by atoms with Gasteiger partial charge in [-0.25, -0.2) is 4.39 Å². The molecule has 1 aliphatic heterocycles. The van der Waals surface area contributed by atoms with Crippen LogP contribution >= 0.6 is 0 Å². The molecule has 0 spiro atoms. The number of furan rings is 1. The standard InChI is InChI=1S/C28H28FN3O6/c29-23-10-5-22(6-11-23)17-30(18-25-3-1-15-37-25)28(34)20-31(19-26-4-2-16-38-26)27(33)14-9-21-7-12-24(13-8-21)32(35)36/h1,3,5-15,26H,2,4,16-20H2/b14-9+. The summed E-state index contributed by atoms with van der Waals surface area (Å²) in [5.74, 6) is -0.478. The molecular weight excluding hydrogens is 493 g/mol. The lowest BCUT2D eigenvalue weighted by molar-refractivity contribution is -0.384. The van der Waals surface area contributed by atoms with E-state index >= 15 is 0 Å². The number of hydrogen-bond donors (Lipinski definition) is 0. The second-order valence-electron chi connectivity index (χ2n) is 8.99. The monoisotopic (exact) mass is 521 g/mol. The van der Waals surface area contributed by atoms with Crippen LogP contribution in [0.1, 0.15) is 29.7 Å². The van der Waals surface area contributed by atoms with Crippen molar-refractivity contribution in [1.29, 1.82) is 0 Å². The van der Waals surface area contributed by atoms with Crippen LogP contribution in [0, 0.1) is 15.9 Å². The topological polar surface area (TPSA) is 106 Å². The lowest BCUT2D eigenvalue weighted by Crippen LogP contribution is -2.44. The van der Waals surface area contributed by atoms with Gasteiger partial charge in [-0.3, -0.25) is 19.7 Å². The second-order valence-corrected chi connectivity index (χ2v) is 8.99. The number of nitro groups is 1. The Kier molecular flexibility index (Phi) is 8.99. The summed E-state index contributed by atoms with van der Waals surface area (Å²) in [5.41, 5.74) is 1.31. The van der Waals surface area contributed by atoms with Crippen LogP contribution in [0.5, 0.6) is 0 Å². The van der Waals surface area contributed by atoms with E-state index in [1.54, 1.807) is 47.4 Å². The molecule has 1 unspecified atom stereocenters. The van der Waals surface area contributed by atoms with Crippen LogP contribution in [0.3, 0.4) is 0 Å². The first-order valence-corrected chi connectivity index (χ1v) is 12.2. The maximum Gasteiger partial charge on any atom is 0.269 e. The Morgan fingerprint density at radius 2 is 1.82 bits per heavy atom. The number of nitrogens with zero attached hydrogens (tertiary/aromatic N) is 3. The maximum atomic E-state index is 13.5. The van der Waals surface area contributed by atoms with E-state index < -0.39 is 4.92 Å². The summed E-state index contributed by atoms with van der Waals surface area (Å²) in [7, 11) is 0. The number of non-ortho nitro benzene ring substituents is 1. The predicted molar refractivity (Wildman–Crippen MR) is 137 cm³/mol. The zero-order valence-corrected chi connectivity index (χ0v) is 20.7. The molecule has 198 valence electrons. The van der Waals surface area contributed by atoms with Gasteiger partial charge in [-0.15, -0.1) is 0 Å². The molecule has 0 bridgehead atoms. The van der Waals surface area contributed by atoms with Gasteiger partial charge in [0.25, 0.3) is 5.69 Å². The van der Waals surface area contributed by atoms with E-state index in [9.17, 15) is 24.1 Å². The van der Waals surface area contributed by atoms with Crippen molar-refractivity contribution in [2.45, 2.75) is 32.0 Å². The molecule has 0 aliphatic carbocycles. The Hall–Kier alpha value is -4.31. The highest BCUT2D eigenvalue weighted by atomic mass is 19.1. The largest absolute Gasteiger partial charge is 0.467 e. The minimum absolute atomic E-state index is 0.0446. The first-order chi connectivity index (χ1) is 18.4. The molecule has 38 heavy (non-hydrogen) atoms. The highest BCUT2D eigenvalue weighted by molar-refractivity contribution is 5.94. The van der Waals surface area contributed by atoms with E-state index in [1.165, 1.54) is 41.5 Å². The fraction of sp³-hybridized carbons (Fsp3) is 0.286. The van der Waals surface area contributed by atoms with Crippen molar-refractivity contribution in [2.75, 3.05) is 19.7 Å². The summed E-state index contributed by atoms with van der Waals surface area (Å²) < 4.78 is 24.5. The average Bonchev–Trinajstić information content (AvgIpc) is 3.62.